The third kappa shape index (κ3) is 4.82. The van der Waals surface area contributed by atoms with Crippen LogP contribution in [0.15, 0.2) is 46.0 Å². The van der Waals surface area contributed by atoms with Crippen LogP contribution in [-0.4, -0.2) is 28.1 Å². The summed E-state index contributed by atoms with van der Waals surface area (Å²) in [5.74, 6) is 0.609. The molecule has 7 heteroatoms. The molecule has 0 bridgehead atoms. The number of hydrogen-bond acceptors (Lipinski definition) is 5. The van der Waals surface area contributed by atoms with E-state index in [0.29, 0.717) is 31.9 Å². The second-order valence-corrected chi connectivity index (χ2v) is 6.93. The van der Waals surface area contributed by atoms with Gasteiger partial charge in [-0.2, -0.15) is 11.3 Å². The molecule has 0 atom stereocenters. The van der Waals surface area contributed by atoms with Crippen molar-refractivity contribution in [1.29, 1.82) is 0 Å². The van der Waals surface area contributed by atoms with E-state index in [1.165, 1.54) is 12.1 Å². The van der Waals surface area contributed by atoms with Crippen LogP contribution < -0.4 is 15.2 Å². The normalized spacial score (nSPS) is 11.5. The van der Waals surface area contributed by atoms with Gasteiger partial charge in [0.05, 0.1) is 4.90 Å². The Bertz CT molecular complexity index is 637. The third-order valence-electron chi connectivity index (χ3n) is 2.81. The number of nitrogens with two attached hydrogens (primary N) is 1. The summed E-state index contributed by atoms with van der Waals surface area (Å²) in [7, 11) is -3.48. The fourth-order valence-corrected chi connectivity index (χ4v) is 3.47. The molecule has 1 aromatic heterocycles. The van der Waals surface area contributed by atoms with Crippen molar-refractivity contribution in [2.24, 2.45) is 5.73 Å². The van der Waals surface area contributed by atoms with E-state index in [4.69, 9.17) is 10.5 Å². The second kappa shape index (κ2) is 7.56. The summed E-state index contributed by atoms with van der Waals surface area (Å²) < 4.78 is 32.1. The first-order chi connectivity index (χ1) is 10.1. The van der Waals surface area contributed by atoms with Crippen molar-refractivity contribution in [3.8, 4) is 5.75 Å². The Morgan fingerprint density at radius 1 is 1.19 bits per heavy atom. The molecule has 0 aliphatic heterocycles. The van der Waals surface area contributed by atoms with Crippen molar-refractivity contribution in [3.05, 3.63) is 46.7 Å². The molecule has 3 N–H and O–H groups in total. The lowest BCUT2D eigenvalue weighted by molar-refractivity contribution is 0.328. The van der Waals surface area contributed by atoms with Crippen molar-refractivity contribution < 1.29 is 13.2 Å². The van der Waals surface area contributed by atoms with Crippen molar-refractivity contribution in [2.45, 2.75) is 11.3 Å². The molecule has 0 amide bonds. The monoisotopic (exact) mass is 326 g/mol. The maximum Gasteiger partial charge on any atom is 0.240 e. The van der Waals surface area contributed by atoms with Gasteiger partial charge in [-0.1, -0.05) is 0 Å². The molecular formula is C14H18N2O3S2. The summed E-state index contributed by atoms with van der Waals surface area (Å²) in [4.78, 5) is 0.230. The number of sulfonamides is 1. The standard InChI is InChI=1S/C14H18N2O3S2/c15-7-9-19-13-1-3-14(4-2-13)21(17,18)16-8-5-12-6-10-20-11-12/h1-4,6,10-11,16H,5,7-9,15H2. The van der Waals surface area contributed by atoms with Crippen LogP contribution in [0.1, 0.15) is 5.56 Å². The molecule has 0 spiro atoms. The van der Waals surface area contributed by atoms with Gasteiger partial charge in [0.2, 0.25) is 10.0 Å². The first-order valence-corrected chi connectivity index (χ1v) is 8.98. The molecule has 0 saturated carbocycles. The van der Waals surface area contributed by atoms with Gasteiger partial charge in [-0.05, 0) is 53.1 Å². The predicted octanol–water partition coefficient (Wildman–Crippen LogP) is 1.61. The summed E-state index contributed by atoms with van der Waals surface area (Å²) in [6.07, 6.45) is 0.681. The van der Waals surface area contributed by atoms with Crippen LogP contribution in [0.3, 0.4) is 0 Å². The summed E-state index contributed by atoms with van der Waals surface area (Å²) in [6.45, 7) is 1.21. The predicted molar refractivity (Wildman–Crippen MR) is 84.2 cm³/mol. The first-order valence-electron chi connectivity index (χ1n) is 6.55. The fraction of sp³-hybridized carbons (Fsp3) is 0.286. The molecule has 0 aliphatic rings. The maximum absolute atomic E-state index is 12.1. The van der Waals surface area contributed by atoms with Crippen LogP contribution in [0.4, 0.5) is 0 Å². The minimum absolute atomic E-state index is 0.230. The Hall–Kier alpha value is -1.41. The fourth-order valence-electron chi connectivity index (χ4n) is 1.74. The van der Waals surface area contributed by atoms with Gasteiger partial charge in [0.1, 0.15) is 12.4 Å². The van der Waals surface area contributed by atoms with Gasteiger partial charge in [-0.25, -0.2) is 13.1 Å². The highest BCUT2D eigenvalue weighted by Gasteiger charge is 2.13. The highest BCUT2D eigenvalue weighted by molar-refractivity contribution is 7.89. The van der Waals surface area contributed by atoms with Gasteiger partial charge in [-0.15, -0.1) is 0 Å². The topological polar surface area (TPSA) is 81.4 Å². The summed E-state index contributed by atoms with van der Waals surface area (Å²) in [5, 5.41) is 3.99. The smallest absolute Gasteiger partial charge is 0.240 e. The number of benzene rings is 1. The number of nitrogens with one attached hydrogen (secondary N) is 1. The lowest BCUT2D eigenvalue weighted by atomic mass is 10.2. The molecule has 21 heavy (non-hydrogen) atoms. The van der Waals surface area contributed by atoms with Gasteiger partial charge in [0.25, 0.3) is 0 Å². The van der Waals surface area contributed by atoms with Crippen LogP contribution >= 0.6 is 11.3 Å². The number of hydrogen-bond donors (Lipinski definition) is 2. The lowest BCUT2D eigenvalue weighted by Gasteiger charge is -2.08. The third-order valence-corrected chi connectivity index (χ3v) is 5.02. The molecule has 0 fully saturated rings. The van der Waals surface area contributed by atoms with E-state index in [2.05, 4.69) is 4.72 Å². The van der Waals surface area contributed by atoms with Crippen LogP contribution in [0.25, 0.3) is 0 Å². The quantitative estimate of drug-likeness (QED) is 0.772. The summed E-state index contributed by atoms with van der Waals surface area (Å²) in [6, 6.07) is 8.30. The van der Waals surface area contributed by atoms with E-state index in [0.717, 1.165) is 5.56 Å². The minimum Gasteiger partial charge on any atom is -0.492 e. The van der Waals surface area contributed by atoms with Crippen LogP contribution in [0.2, 0.25) is 0 Å². The largest absolute Gasteiger partial charge is 0.492 e. The minimum atomic E-state index is -3.48. The van der Waals surface area contributed by atoms with E-state index in [-0.39, 0.29) is 4.90 Å². The van der Waals surface area contributed by atoms with Gasteiger partial charge in [-0.3, -0.25) is 0 Å². The number of ether oxygens (including phenoxy) is 1. The zero-order valence-electron chi connectivity index (χ0n) is 11.5. The molecule has 2 aromatic rings. The Kier molecular flexibility index (Phi) is 5.75. The van der Waals surface area contributed by atoms with E-state index >= 15 is 0 Å². The summed E-state index contributed by atoms with van der Waals surface area (Å²) in [5.41, 5.74) is 6.47. The van der Waals surface area contributed by atoms with Crippen LogP contribution in [0, 0.1) is 0 Å². The highest BCUT2D eigenvalue weighted by Crippen LogP contribution is 2.16. The van der Waals surface area contributed by atoms with Crippen molar-refractivity contribution in [2.75, 3.05) is 19.7 Å². The van der Waals surface area contributed by atoms with Crippen molar-refractivity contribution in [1.82, 2.24) is 4.72 Å². The van der Waals surface area contributed by atoms with E-state index in [1.807, 2.05) is 16.8 Å². The second-order valence-electron chi connectivity index (χ2n) is 4.39. The highest BCUT2D eigenvalue weighted by atomic mass is 32.2. The molecule has 0 aliphatic carbocycles. The zero-order chi connectivity index (χ0) is 15.1. The Balaban J connectivity index is 1.92. The Morgan fingerprint density at radius 3 is 2.57 bits per heavy atom. The van der Waals surface area contributed by atoms with Crippen molar-refractivity contribution >= 4 is 21.4 Å². The Morgan fingerprint density at radius 2 is 1.95 bits per heavy atom. The molecule has 2 rings (SSSR count). The van der Waals surface area contributed by atoms with Gasteiger partial charge < -0.3 is 10.5 Å². The van der Waals surface area contributed by atoms with Gasteiger partial charge >= 0.3 is 0 Å². The number of thiophene rings is 1. The molecule has 0 saturated heterocycles. The van der Waals surface area contributed by atoms with Crippen molar-refractivity contribution in [3.63, 3.8) is 0 Å². The lowest BCUT2D eigenvalue weighted by Crippen LogP contribution is -2.25. The van der Waals surface area contributed by atoms with E-state index in [1.54, 1.807) is 23.5 Å². The first kappa shape index (κ1) is 16.0. The molecule has 1 aromatic carbocycles. The molecular weight excluding hydrogens is 308 g/mol. The van der Waals surface area contributed by atoms with Gasteiger partial charge in [0, 0.05) is 13.1 Å². The van der Waals surface area contributed by atoms with Gasteiger partial charge in [0.15, 0.2) is 0 Å². The SMILES string of the molecule is NCCOc1ccc(S(=O)(=O)NCCc2ccsc2)cc1. The molecule has 5 nitrogen and oxygen atoms in total. The van der Waals surface area contributed by atoms with E-state index < -0.39 is 10.0 Å². The molecule has 0 unspecified atom stereocenters. The average molecular weight is 326 g/mol. The summed E-state index contributed by atoms with van der Waals surface area (Å²) >= 11 is 1.60. The molecule has 114 valence electrons. The van der Waals surface area contributed by atoms with Crippen LogP contribution in [0.5, 0.6) is 5.75 Å². The average Bonchev–Trinajstić information content (AvgIpc) is 2.98. The molecule has 0 radical (unpaired) electrons. The van der Waals surface area contributed by atoms with Crippen LogP contribution in [-0.2, 0) is 16.4 Å². The number of rotatable bonds is 8. The molecule has 1 heterocycles. The van der Waals surface area contributed by atoms with E-state index in [9.17, 15) is 8.42 Å². The Labute approximate surface area is 128 Å². The zero-order valence-corrected chi connectivity index (χ0v) is 13.1. The maximum atomic E-state index is 12.1.